The SMILES string of the molecule is COc1cccc(C(=O)C2CC(=O)Nc3n[nH]c(-c4ccc(OC)c(OC)c4)c32)c1. The fourth-order valence-corrected chi connectivity index (χ4v) is 3.67. The fourth-order valence-electron chi connectivity index (χ4n) is 3.67. The minimum absolute atomic E-state index is 0.0306. The first-order chi connectivity index (χ1) is 14.5. The van der Waals surface area contributed by atoms with E-state index in [1.54, 1.807) is 57.7 Å². The molecule has 0 fully saturated rings. The summed E-state index contributed by atoms with van der Waals surface area (Å²) in [6.07, 6.45) is 0.0306. The van der Waals surface area contributed by atoms with E-state index in [-0.39, 0.29) is 18.1 Å². The highest BCUT2D eigenvalue weighted by Gasteiger charge is 2.36. The van der Waals surface area contributed by atoms with Gasteiger partial charge in [0.05, 0.1) is 32.9 Å². The van der Waals surface area contributed by atoms with Gasteiger partial charge >= 0.3 is 0 Å². The molecule has 0 aliphatic carbocycles. The Bertz CT molecular complexity index is 1120. The number of hydrogen-bond donors (Lipinski definition) is 2. The maximum Gasteiger partial charge on any atom is 0.226 e. The number of carbonyl (C=O) groups is 2. The highest BCUT2D eigenvalue weighted by Crippen LogP contribution is 2.41. The van der Waals surface area contributed by atoms with E-state index < -0.39 is 5.92 Å². The molecule has 1 aliphatic heterocycles. The minimum atomic E-state index is -0.678. The van der Waals surface area contributed by atoms with Gasteiger partial charge in [-0.1, -0.05) is 12.1 Å². The first kappa shape index (κ1) is 19.5. The molecule has 1 aliphatic rings. The summed E-state index contributed by atoms with van der Waals surface area (Å²) in [5, 5.41) is 9.94. The van der Waals surface area contributed by atoms with Gasteiger partial charge in [0.2, 0.25) is 5.91 Å². The molecule has 1 aromatic heterocycles. The first-order valence-electron chi connectivity index (χ1n) is 9.34. The second-order valence-corrected chi connectivity index (χ2v) is 6.83. The van der Waals surface area contributed by atoms with E-state index in [9.17, 15) is 9.59 Å². The zero-order valence-electron chi connectivity index (χ0n) is 16.8. The van der Waals surface area contributed by atoms with Crippen molar-refractivity contribution < 1.29 is 23.8 Å². The monoisotopic (exact) mass is 407 g/mol. The van der Waals surface area contributed by atoms with Crippen LogP contribution in [0.3, 0.4) is 0 Å². The number of amides is 1. The van der Waals surface area contributed by atoms with Gasteiger partial charge in [0, 0.05) is 23.1 Å². The van der Waals surface area contributed by atoms with Crippen molar-refractivity contribution in [3.63, 3.8) is 0 Å². The van der Waals surface area contributed by atoms with Gasteiger partial charge in [-0.25, -0.2) is 0 Å². The molecule has 1 unspecified atom stereocenters. The first-order valence-corrected chi connectivity index (χ1v) is 9.34. The topological polar surface area (TPSA) is 103 Å². The molecule has 3 aromatic rings. The van der Waals surface area contributed by atoms with Crippen LogP contribution in [0.1, 0.15) is 28.3 Å². The van der Waals surface area contributed by atoms with Gasteiger partial charge in [-0.05, 0) is 30.3 Å². The lowest BCUT2D eigenvalue weighted by Crippen LogP contribution is -2.27. The number of Topliss-reactive ketones (excluding diaryl/α,β-unsaturated/α-hetero) is 1. The molecule has 2 N–H and O–H groups in total. The maximum atomic E-state index is 13.4. The van der Waals surface area contributed by atoms with E-state index in [2.05, 4.69) is 15.5 Å². The van der Waals surface area contributed by atoms with Crippen LogP contribution in [-0.4, -0.2) is 43.2 Å². The van der Waals surface area contributed by atoms with Gasteiger partial charge < -0.3 is 19.5 Å². The molecule has 0 spiro atoms. The Morgan fingerprint density at radius 1 is 1.03 bits per heavy atom. The van der Waals surface area contributed by atoms with Gasteiger partial charge in [-0.15, -0.1) is 0 Å². The number of aromatic amines is 1. The smallest absolute Gasteiger partial charge is 0.226 e. The van der Waals surface area contributed by atoms with Crippen LogP contribution in [-0.2, 0) is 4.79 Å². The normalized spacial score (nSPS) is 15.2. The molecule has 0 saturated heterocycles. The van der Waals surface area contributed by atoms with Crippen molar-refractivity contribution in [2.75, 3.05) is 26.6 Å². The summed E-state index contributed by atoms with van der Waals surface area (Å²) in [4.78, 5) is 25.6. The van der Waals surface area contributed by atoms with E-state index in [1.807, 2.05) is 6.07 Å². The van der Waals surface area contributed by atoms with Crippen LogP contribution in [0, 0.1) is 0 Å². The van der Waals surface area contributed by atoms with Crippen molar-refractivity contribution >= 4 is 17.5 Å². The maximum absolute atomic E-state index is 13.4. The second-order valence-electron chi connectivity index (χ2n) is 6.83. The van der Waals surface area contributed by atoms with Crippen molar-refractivity contribution in [3.8, 4) is 28.5 Å². The molecule has 8 nitrogen and oxygen atoms in total. The average Bonchev–Trinajstić information content (AvgIpc) is 3.21. The van der Waals surface area contributed by atoms with Crippen LogP contribution < -0.4 is 19.5 Å². The molecule has 2 heterocycles. The van der Waals surface area contributed by atoms with Crippen LogP contribution >= 0.6 is 0 Å². The number of H-pyrrole nitrogens is 1. The Labute approximate surface area is 173 Å². The molecule has 1 atom stereocenters. The molecule has 0 saturated carbocycles. The summed E-state index contributed by atoms with van der Waals surface area (Å²) in [5.41, 5.74) is 2.53. The van der Waals surface area contributed by atoms with E-state index in [0.717, 1.165) is 5.56 Å². The third-order valence-corrected chi connectivity index (χ3v) is 5.14. The predicted octanol–water partition coefficient (Wildman–Crippen LogP) is 3.41. The molecular weight excluding hydrogens is 386 g/mol. The Balaban J connectivity index is 1.80. The van der Waals surface area contributed by atoms with Gasteiger partial charge in [0.25, 0.3) is 0 Å². The molecule has 4 rings (SSSR count). The summed E-state index contributed by atoms with van der Waals surface area (Å²) < 4.78 is 15.9. The second kappa shape index (κ2) is 7.90. The number of benzene rings is 2. The number of anilines is 1. The number of ketones is 1. The van der Waals surface area contributed by atoms with Crippen LogP contribution in [0.5, 0.6) is 17.2 Å². The van der Waals surface area contributed by atoms with E-state index in [0.29, 0.717) is 39.9 Å². The third-order valence-electron chi connectivity index (χ3n) is 5.14. The number of carbonyl (C=O) groups excluding carboxylic acids is 2. The molecule has 154 valence electrons. The average molecular weight is 407 g/mol. The summed E-state index contributed by atoms with van der Waals surface area (Å²) >= 11 is 0. The number of ether oxygens (including phenoxy) is 3. The van der Waals surface area contributed by atoms with Crippen LogP contribution in [0.4, 0.5) is 5.82 Å². The lowest BCUT2D eigenvalue weighted by atomic mass is 9.84. The van der Waals surface area contributed by atoms with Crippen molar-refractivity contribution in [1.29, 1.82) is 0 Å². The Hall–Kier alpha value is -3.81. The highest BCUT2D eigenvalue weighted by atomic mass is 16.5. The van der Waals surface area contributed by atoms with Crippen molar-refractivity contribution in [3.05, 3.63) is 53.6 Å². The van der Waals surface area contributed by atoms with Crippen LogP contribution in [0.2, 0.25) is 0 Å². The summed E-state index contributed by atoms with van der Waals surface area (Å²) in [7, 11) is 4.66. The van der Waals surface area contributed by atoms with Crippen LogP contribution in [0.15, 0.2) is 42.5 Å². The Morgan fingerprint density at radius 2 is 1.83 bits per heavy atom. The predicted molar refractivity (Wildman–Crippen MR) is 110 cm³/mol. The summed E-state index contributed by atoms with van der Waals surface area (Å²) in [6, 6.07) is 12.3. The Morgan fingerprint density at radius 3 is 2.57 bits per heavy atom. The van der Waals surface area contributed by atoms with Crippen LogP contribution in [0.25, 0.3) is 11.3 Å². The lowest BCUT2D eigenvalue weighted by Gasteiger charge is -2.22. The largest absolute Gasteiger partial charge is 0.497 e. The van der Waals surface area contributed by atoms with Gasteiger partial charge in [0.1, 0.15) is 5.75 Å². The summed E-state index contributed by atoms with van der Waals surface area (Å²) in [6.45, 7) is 0. The molecule has 8 heteroatoms. The van der Waals surface area contributed by atoms with Gasteiger partial charge in [-0.2, -0.15) is 5.10 Å². The summed E-state index contributed by atoms with van der Waals surface area (Å²) in [5.74, 6) is 0.969. The van der Waals surface area contributed by atoms with E-state index in [4.69, 9.17) is 14.2 Å². The fraction of sp³-hybridized carbons (Fsp3) is 0.227. The standard InChI is InChI=1S/C22H21N3O5/c1-28-14-6-4-5-13(9-14)21(27)15-11-18(26)23-22-19(15)20(24-25-22)12-7-8-16(29-2)17(10-12)30-3/h4-10,15H,11H2,1-3H3,(H2,23,24,25,26). The minimum Gasteiger partial charge on any atom is -0.497 e. The number of rotatable bonds is 6. The number of nitrogens with zero attached hydrogens (tertiary/aromatic N) is 1. The zero-order chi connectivity index (χ0) is 21.3. The zero-order valence-corrected chi connectivity index (χ0v) is 16.8. The number of hydrogen-bond acceptors (Lipinski definition) is 6. The molecule has 0 bridgehead atoms. The number of methoxy groups -OCH3 is 3. The van der Waals surface area contributed by atoms with Gasteiger partial charge in [0.15, 0.2) is 23.1 Å². The molecular formula is C22H21N3O5. The molecule has 1 amide bonds. The quantitative estimate of drug-likeness (QED) is 0.607. The van der Waals surface area contributed by atoms with Crippen molar-refractivity contribution in [1.82, 2.24) is 10.2 Å². The molecule has 30 heavy (non-hydrogen) atoms. The number of aromatic nitrogens is 2. The third kappa shape index (κ3) is 3.36. The number of nitrogens with one attached hydrogen (secondary N) is 2. The molecule has 0 radical (unpaired) electrons. The number of fused-ring (bicyclic) bond motifs is 1. The van der Waals surface area contributed by atoms with Crippen molar-refractivity contribution in [2.45, 2.75) is 12.3 Å². The lowest BCUT2D eigenvalue weighted by molar-refractivity contribution is -0.116. The van der Waals surface area contributed by atoms with E-state index >= 15 is 0 Å². The van der Waals surface area contributed by atoms with E-state index in [1.165, 1.54) is 0 Å². The van der Waals surface area contributed by atoms with Gasteiger partial charge in [-0.3, -0.25) is 14.7 Å². The van der Waals surface area contributed by atoms with Crippen molar-refractivity contribution in [2.24, 2.45) is 0 Å². The highest BCUT2D eigenvalue weighted by molar-refractivity contribution is 6.09. The molecule has 2 aromatic carbocycles. The Kier molecular flexibility index (Phi) is 5.14.